The lowest BCUT2D eigenvalue weighted by Crippen LogP contribution is -1.98. The average Bonchev–Trinajstić information content (AvgIpc) is 3.26. The third-order valence-corrected chi connectivity index (χ3v) is 6.67. The molecular weight excluding hydrogens is 531 g/mol. The van der Waals surface area contributed by atoms with Crippen LogP contribution in [0.4, 0.5) is 11.5 Å². The minimum absolute atomic E-state index is 0.0428. The lowest BCUT2D eigenvalue weighted by Gasteiger charge is -2.14. The maximum atomic E-state index is 11.3. The number of hydrogen-bond acceptors (Lipinski definition) is 4. The quantitative estimate of drug-likeness (QED) is 0.120. The summed E-state index contributed by atoms with van der Waals surface area (Å²) in [5.41, 5.74) is 5.59. The summed E-state index contributed by atoms with van der Waals surface area (Å²) in [6.07, 6.45) is 1.66. The molecule has 0 aliphatic carbocycles. The van der Waals surface area contributed by atoms with Crippen molar-refractivity contribution in [3.8, 4) is 34.1 Å². The second kappa shape index (κ2) is 11.0. The second-order valence-electron chi connectivity index (χ2n) is 8.83. The van der Waals surface area contributed by atoms with Crippen LogP contribution in [0, 0.1) is 28.4 Å². The van der Waals surface area contributed by atoms with Crippen molar-refractivity contribution in [1.82, 2.24) is 4.57 Å². The fourth-order valence-corrected chi connectivity index (χ4v) is 4.78. The summed E-state index contributed by atoms with van der Waals surface area (Å²) in [6.45, 7) is 2.00. The first-order chi connectivity index (χ1) is 18.9. The van der Waals surface area contributed by atoms with Gasteiger partial charge in [-0.2, -0.15) is 5.26 Å². The predicted molar refractivity (Wildman–Crippen MR) is 156 cm³/mol. The van der Waals surface area contributed by atoms with E-state index in [4.69, 9.17) is 28.2 Å². The summed E-state index contributed by atoms with van der Waals surface area (Å²) in [6, 6.07) is 31.0. The molecule has 0 radical (unpaired) electrons. The van der Waals surface area contributed by atoms with E-state index in [-0.39, 0.29) is 5.69 Å². The third kappa shape index (κ3) is 5.32. The minimum Gasteiger partial charge on any atom is -0.293 e. The van der Waals surface area contributed by atoms with Crippen LogP contribution < -0.4 is 0 Å². The van der Waals surface area contributed by atoms with Gasteiger partial charge in [-0.3, -0.25) is 14.7 Å². The number of halogens is 2. The molecule has 0 saturated carbocycles. The Hall–Kier alpha value is -4.70. The summed E-state index contributed by atoms with van der Waals surface area (Å²) in [5.74, 6) is 0.407. The summed E-state index contributed by atoms with van der Waals surface area (Å²) in [4.78, 5) is 15.7. The van der Waals surface area contributed by atoms with E-state index in [1.165, 1.54) is 12.1 Å². The molecule has 0 aliphatic rings. The molecule has 5 rings (SSSR count). The zero-order valence-corrected chi connectivity index (χ0v) is 22.2. The van der Waals surface area contributed by atoms with Crippen LogP contribution in [0.5, 0.6) is 0 Å². The first kappa shape index (κ1) is 25.9. The molecule has 4 aromatic carbocycles. The zero-order chi connectivity index (χ0) is 27.5. The molecule has 5 aromatic rings. The molecule has 0 spiro atoms. The standard InChI is InChI=1S/C31H20Cl2N4O2/c1-20-8-12-26(13-9-20)36-30(23-5-3-7-25(33)17-23)29(22-10-14-27(15-11-22)37(38)39)28(18-34)31(36)35-19-21-4-2-6-24(32)16-21/h2-17,19H,1H3/b35-19+. The van der Waals surface area contributed by atoms with E-state index in [1.54, 1.807) is 36.5 Å². The number of non-ortho nitro benzene ring substituents is 1. The number of nitro benzene ring substituents is 1. The van der Waals surface area contributed by atoms with Crippen LogP contribution in [-0.2, 0) is 0 Å². The van der Waals surface area contributed by atoms with E-state index in [0.717, 1.165) is 22.4 Å². The SMILES string of the molecule is Cc1ccc(-n2c(/N=C/c3cccc(Cl)c3)c(C#N)c(-c3ccc([N+](=O)[O-])cc3)c2-c2cccc(Cl)c2)cc1. The van der Waals surface area contributed by atoms with E-state index in [9.17, 15) is 15.4 Å². The van der Waals surface area contributed by atoms with E-state index < -0.39 is 4.92 Å². The van der Waals surface area contributed by atoms with Crippen LogP contribution in [0.15, 0.2) is 102 Å². The van der Waals surface area contributed by atoms with E-state index in [2.05, 4.69) is 6.07 Å². The molecule has 1 aromatic heterocycles. The smallest absolute Gasteiger partial charge is 0.269 e. The molecule has 0 atom stereocenters. The van der Waals surface area contributed by atoms with Crippen LogP contribution in [0.1, 0.15) is 16.7 Å². The van der Waals surface area contributed by atoms with Gasteiger partial charge in [-0.25, -0.2) is 4.99 Å². The van der Waals surface area contributed by atoms with Crippen LogP contribution in [0.3, 0.4) is 0 Å². The molecule has 190 valence electrons. The van der Waals surface area contributed by atoms with Gasteiger partial charge in [0, 0.05) is 45.2 Å². The molecule has 0 N–H and O–H groups in total. The van der Waals surface area contributed by atoms with Crippen molar-refractivity contribution in [2.45, 2.75) is 6.92 Å². The topological polar surface area (TPSA) is 84.2 Å². The van der Waals surface area contributed by atoms with Gasteiger partial charge in [-0.05, 0) is 66.6 Å². The molecule has 6 nitrogen and oxygen atoms in total. The van der Waals surface area contributed by atoms with Gasteiger partial charge in [-0.1, -0.05) is 65.2 Å². The summed E-state index contributed by atoms with van der Waals surface area (Å²) in [5, 5.41) is 22.9. The number of aryl methyl sites for hydroxylation is 1. The van der Waals surface area contributed by atoms with Crippen molar-refractivity contribution < 1.29 is 4.92 Å². The zero-order valence-electron chi connectivity index (χ0n) is 20.7. The van der Waals surface area contributed by atoms with Crippen molar-refractivity contribution in [3.63, 3.8) is 0 Å². The van der Waals surface area contributed by atoms with E-state index in [1.807, 2.05) is 66.1 Å². The van der Waals surface area contributed by atoms with Gasteiger partial charge in [0.05, 0.1) is 10.6 Å². The van der Waals surface area contributed by atoms with E-state index >= 15 is 0 Å². The lowest BCUT2D eigenvalue weighted by molar-refractivity contribution is -0.384. The summed E-state index contributed by atoms with van der Waals surface area (Å²) in [7, 11) is 0. The number of aliphatic imine (C=N–C) groups is 1. The molecule has 8 heteroatoms. The maximum absolute atomic E-state index is 11.3. The summed E-state index contributed by atoms with van der Waals surface area (Å²) >= 11 is 12.6. The largest absolute Gasteiger partial charge is 0.293 e. The molecular formula is C31H20Cl2N4O2. The number of nitrogens with zero attached hydrogens (tertiary/aromatic N) is 4. The molecule has 0 aliphatic heterocycles. The van der Waals surface area contributed by atoms with Crippen molar-refractivity contribution in [2.75, 3.05) is 0 Å². The van der Waals surface area contributed by atoms with E-state index in [0.29, 0.717) is 38.2 Å². The fraction of sp³-hybridized carbons (Fsp3) is 0.0323. The molecule has 0 unspecified atom stereocenters. The van der Waals surface area contributed by atoms with Gasteiger partial charge < -0.3 is 0 Å². The Morgan fingerprint density at radius 1 is 0.897 bits per heavy atom. The van der Waals surface area contributed by atoms with Crippen LogP contribution >= 0.6 is 23.2 Å². The molecule has 0 bridgehead atoms. The van der Waals surface area contributed by atoms with Gasteiger partial charge >= 0.3 is 0 Å². The highest BCUT2D eigenvalue weighted by Crippen LogP contribution is 2.45. The van der Waals surface area contributed by atoms with Crippen molar-refractivity contribution in [2.24, 2.45) is 4.99 Å². The van der Waals surface area contributed by atoms with Crippen molar-refractivity contribution in [3.05, 3.63) is 134 Å². The number of rotatable bonds is 6. The number of nitriles is 1. The predicted octanol–water partition coefficient (Wildman–Crippen LogP) is 8.96. The molecule has 0 amide bonds. The first-order valence-corrected chi connectivity index (χ1v) is 12.7. The molecule has 39 heavy (non-hydrogen) atoms. The van der Waals surface area contributed by atoms with Crippen molar-refractivity contribution >= 4 is 40.9 Å². The highest BCUT2D eigenvalue weighted by molar-refractivity contribution is 6.31. The Morgan fingerprint density at radius 2 is 1.56 bits per heavy atom. The molecule has 0 fully saturated rings. The Kier molecular flexibility index (Phi) is 7.29. The second-order valence-corrected chi connectivity index (χ2v) is 9.71. The normalized spacial score (nSPS) is 11.0. The Morgan fingerprint density at radius 3 is 2.18 bits per heavy atom. The van der Waals surface area contributed by atoms with Gasteiger partial charge in [0.25, 0.3) is 5.69 Å². The van der Waals surface area contributed by atoms with Crippen LogP contribution in [0.2, 0.25) is 10.0 Å². The van der Waals surface area contributed by atoms with Gasteiger partial charge in [0.1, 0.15) is 11.6 Å². The van der Waals surface area contributed by atoms with Gasteiger partial charge in [-0.15, -0.1) is 0 Å². The molecule has 0 saturated heterocycles. The monoisotopic (exact) mass is 550 g/mol. The highest BCUT2D eigenvalue weighted by Gasteiger charge is 2.26. The third-order valence-electron chi connectivity index (χ3n) is 6.20. The maximum Gasteiger partial charge on any atom is 0.269 e. The number of benzene rings is 4. The number of hydrogen-bond donors (Lipinski definition) is 0. The van der Waals surface area contributed by atoms with Crippen LogP contribution in [-0.4, -0.2) is 15.7 Å². The Balaban J connectivity index is 1.88. The molecule has 1 heterocycles. The van der Waals surface area contributed by atoms with Crippen molar-refractivity contribution in [1.29, 1.82) is 5.26 Å². The number of nitro groups is 1. The highest BCUT2D eigenvalue weighted by atomic mass is 35.5. The Bertz CT molecular complexity index is 1770. The summed E-state index contributed by atoms with van der Waals surface area (Å²) < 4.78 is 1.92. The first-order valence-electron chi connectivity index (χ1n) is 11.9. The fourth-order valence-electron chi connectivity index (χ4n) is 4.40. The van der Waals surface area contributed by atoms with Gasteiger partial charge in [0.2, 0.25) is 0 Å². The average molecular weight is 551 g/mol. The lowest BCUT2D eigenvalue weighted by atomic mass is 9.97. The Labute approximate surface area is 235 Å². The number of aromatic nitrogens is 1. The van der Waals surface area contributed by atoms with Gasteiger partial charge in [0.15, 0.2) is 5.82 Å². The minimum atomic E-state index is -0.453. The van der Waals surface area contributed by atoms with Crippen LogP contribution in [0.25, 0.3) is 28.1 Å².